The fourth-order valence-electron chi connectivity index (χ4n) is 2.41. The molecule has 0 aromatic heterocycles. The molecule has 2 unspecified atom stereocenters. The summed E-state index contributed by atoms with van der Waals surface area (Å²) in [4.78, 5) is 0. The van der Waals surface area contributed by atoms with Gasteiger partial charge in [-0.3, -0.25) is 0 Å². The Morgan fingerprint density at radius 1 is 1.62 bits per heavy atom. The van der Waals surface area contributed by atoms with Crippen LogP contribution in [0.2, 0.25) is 0 Å². The van der Waals surface area contributed by atoms with Gasteiger partial charge in [0.2, 0.25) is 0 Å². The van der Waals surface area contributed by atoms with Crippen molar-refractivity contribution in [2.45, 2.75) is 39.2 Å². The zero-order chi connectivity index (χ0) is 9.69. The Bertz CT molecular complexity index is 251. The molecule has 0 aromatic carbocycles. The molecule has 2 aliphatic rings. The van der Waals surface area contributed by atoms with Crippen molar-refractivity contribution >= 4 is 0 Å². The summed E-state index contributed by atoms with van der Waals surface area (Å²) in [7, 11) is 0. The highest BCUT2D eigenvalue weighted by Crippen LogP contribution is 2.59. The smallest absolute Gasteiger partial charge is 0.0912 e. The second-order valence-corrected chi connectivity index (χ2v) is 5.16. The van der Waals surface area contributed by atoms with Crippen LogP contribution in [0.25, 0.3) is 0 Å². The molecule has 0 saturated heterocycles. The topological polar surface area (TPSA) is 29.5 Å². The molecule has 1 N–H and O–H groups in total. The van der Waals surface area contributed by atoms with E-state index in [0.29, 0.717) is 11.3 Å². The highest BCUT2D eigenvalue weighted by atomic mass is 16.5. The quantitative estimate of drug-likeness (QED) is 0.708. The van der Waals surface area contributed by atoms with Gasteiger partial charge in [0.15, 0.2) is 0 Å². The zero-order valence-corrected chi connectivity index (χ0v) is 8.63. The molecule has 1 heterocycles. The van der Waals surface area contributed by atoms with Gasteiger partial charge >= 0.3 is 0 Å². The summed E-state index contributed by atoms with van der Waals surface area (Å²) in [5, 5.41) is 10.3. The number of ether oxygens (including phenoxy) is 1. The monoisotopic (exact) mass is 182 g/mol. The van der Waals surface area contributed by atoms with E-state index in [0.717, 1.165) is 25.0 Å². The van der Waals surface area contributed by atoms with Crippen molar-refractivity contribution in [3.63, 3.8) is 0 Å². The van der Waals surface area contributed by atoms with Gasteiger partial charge in [-0.05, 0) is 30.3 Å². The molecule has 13 heavy (non-hydrogen) atoms. The van der Waals surface area contributed by atoms with Crippen LogP contribution < -0.4 is 0 Å². The first-order chi connectivity index (χ1) is 5.94. The van der Waals surface area contributed by atoms with Crippen molar-refractivity contribution in [2.24, 2.45) is 11.3 Å². The molecule has 0 radical (unpaired) electrons. The van der Waals surface area contributed by atoms with Crippen molar-refractivity contribution in [2.75, 3.05) is 6.61 Å². The van der Waals surface area contributed by atoms with Gasteiger partial charge in [-0.2, -0.15) is 0 Å². The fourth-order valence-corrected chi connectivity index (χ4v) is 2.41. The molecule has 1 saturated carbocycles. The van der Waals surface area contributed by atoms with Crippen LogP contribution in [-0.4, -0.2) is 17.3 Å². The maximum Gasteiger partial charge on any atom is 0.0912 e. The van der Waals surface area contributed by atoms with Crippen molar-refractivity contribution in [1.82, 2.24) is 0 Å². The van der Waals surface area contributed by atoms with E-state index >= 15 is 0 Å². The van der Waals surface area contributed by atoms with Crippen LogP contribution in [0.15, 0.2) is 11.8 Å². The second kappa shape index (κ2) is 2.50. The summed E-state index contributed by atoms with van der Waals surface area (Å²) in [6, 6.07) is 0. The third kappa shape index (κ3) is 1.37. The summed E-state index contributed by atoms with van der Waals surface area (Å²) >= 11 is 0. The first-order valence-electron chi connectivity index (χ1n) is 4.98. The average molecular weight is 182 g/mol. The minimum Gasteiger partial charge on any atom is -0.501 e. The molecule has 1 fully saturated rings. The van der Waals surface area contributed by atoms with Crippen LogP contribution in [0.5, 0.6) is 0 Å². The standard InChI is InChI=1S/C11H18O2/c1-10(2)6-9(10)11(3,12)8-4-5-13-7-8/h7,9,12H,4-6H2,1-3H3. The van der Waals surface area contributed by atoms with Crippen molar-refractivity contribution in [1.29, 1.82) is 0 Å². The lowest BCUT2D eigenvalue weighted by molar-refractivity contribution is 0.0599. The SMILES string of the molecule is CC1(C)CC1C(C)(O)C1=COCC1. The summed E-state index contributed by atoms with van der Waals surface area (Å²) in [5.41, 5.74) is 0.746. The van der Waals surface area contributed by atoms with Crippen molar-refractivity contribution in [3.05, 3.63) is 11.8 Å². The van der Waals surface area contributed by atoms with Crippen LogP contribution in [0.4, 0.5) is 0 Å². The lowest BCUT2D eigenvalue weighted by Gasteiger charge is -2.25. The lowest BCUT2D eigenvalue weighted by Crippen LogP contribution is -2.31. The van der Waals surface area contributed by atoms with E-state index < -0.39 is 5.60 Å². The maximum atomic E-state index is 10.3. The minimum atomic E-state index is -0.639. The van der Waals surface area contributed by atoms with Gasteiger partial charge in [0, 0.05) is 6.42 Å². The van der Waals surface area contributed by atoms with Crippen LogP contribution in [0.1, 0.15) is 33.6 Å². The third-order valence-corrected chi connectivity index (χ3v) is 3.56. The molecule has 0 aromatic rings. The molecule has 0 bridgehead atoms. The minimum absolute atomic E-state index is 0.312. The molecule has 2 atom stereocenters. The van der Waals surface area contributed by atoms with E-state index in [2.05, 4.69) is 13.8 Å². The van der Waals surface area contributed by atoms with Gasteiger partial charge in [0.1, 0.15) is 0 Å². The first-order valence-corrected chi connectivity index (χ1v) is 4.98. The summed E-state index contributed by atoms with van der Waals surface area (Å²) in [5.74, 6) is 0.410. The highest BCUT2D eigenvalue weighted by Gasteiger charge is 2.56. The predicted octanol–water partition coefficient (Wildman–Crippen LogP) is 2.09. The third-order valence-electron chi connectivity index (χ3n) is 3.56. The number of aliphatic hydroxyl groups is 1. The molecule has 2 heteroatoms. The van der Waals surface area contributed by atoms with Crippen LogP contribution in [-0.2, 0) is 4.74 Å². The Morgan fingerprint density at radius 3 is 2.62 bits per heavy atom. The molecule has 1 aliphatic carbocycles. The van der Waals surface area contributed by atoms with Gasteiger partial charge in [0.05, 0.1) is 18.5 Å². The van der Waals surface area contributed by atoms with Crippen LogP contribution in [0, 0.1) is 11.3 Å². The van der Waals surface area contributed by atoms with Gasteiger partial charge in [-0.1, -0.05) is 13.8 Å². The predicted molar refractivity (Wildman–Crippen MR) is 51.2 cm³/mol. The van der Waals surface area contributed by atoms with E-state index in [9.17, 15) is 5.11 Å². The van der Waals surface area contributed by atoms with E-state index in [1.54, 1.807) is 6.26 Å². The summed E-state index contributed by atoms with van der Waals surface area (Å²) in [6.07, 6.45) is 3.76. The van der Waals surface area contributed by atoms with Crippen LogP contribution in [0.3, 0.4) is 0 Å². The molecule has 2 rings (SSSR count). The summed E-state index contributed by atoms with van der Waals surface area (Å²) in [6.45, 7) is 7.08. The molecular weight excluding hydrogens is 164 g/mol. The van der Waals surface area contributed by atoms with Crippen molar-refractivity contribution in [3.8, 4) is 0 Å². The second-order valence-electron chi connectivity index (χ2n) is 5.16. The van der Waals surface area contributed by atoms with E-state index in [-0.39, 0.29) is 0 Å². The fraction of sp³-hybridized carbons (Fsp3) is 0.818. The summed E-state index contributed by atoms with van der Waals surface area (Å²) < 4.78 is 5.17. The van der Waals surface area contributed by atoms with E-state index in [4.69, 9.17) is 4.74 Å². The Morgan fingerprint density at radius 2 is 2.23 bits per heavy atom. The molecule has 1 aliphatic heterocycles. The Labute approximate surface area is 79.6 Å². The van der Waals surface area contributed by atoms with Gasteiger partial charge < -0.3 is 9.84 Å². The average Bonchev–Trinajstić information content (AvgIpc) is 2.56. The van der Waals surface area contributed by atoms with Gasteiger partial charge in [-0.25, -0.2) is 0 Å². The lowest BCUT2D eigenvalue weighted by atomic mass is 9.86. The normalized spacial score (nSPS) is 34.8. The largest absolute Gasteiger partial charge is 0.501 e. The Kier molecular flexibility index (Phi) is 1.75. The van der Waals surface area contributed by atoms with E-state index in [1.807, 2.05) is 6.92 Å². The number of rotatable bonds is 2. The highest BCUT2D eigenvalue weighted by molar-refractivity contribution is 5.23. The molecular formula is C11H18O2. The van der Waals surface area contributed by atoms with Gasteiger partial charge in [-0.15, -0.1) is 0 Å². The Hall–Kier alpha value is -0.500. The number of hydrogen-bond donors (Lipinski definition) is 1. The number of hydrogen-bond acceptors (Lipinski definition) is 2. The molecule has 0 amide bonds. The van der Waals surface area contributed by atoms with Crippen LogP contribution >= 0.6 is 0 Å². The van der Waals surface area contributed by atoms with Crippen molar-refractivity contribution < 1.29 is 9.84 Å². The molecule has 0 spiro atoms. The zero-order valence-electron chi connectivity index (χ0n) is 8.63. The maximum absolute atomic E-state index is 10.3. The van der Waals surface area contributed by atoms with E-state index in [1.165, 1.54) is 0 Å². The first kappa shape index (κ1) is 9.07. The molecule has 2 nitrogen and oxygen atoms in total. The van der Waals surface area contributed by atoms with Gasteiger partial charge in [0.25, 0.3) is 0 Å². The Balaban J connectivity index is 2.12. The molecule has 74 valence electrons.